The molecule has 4 heterocycles. The van der Waals surface area contributed by atoms with Crippen LogP contribution in [0.2, 0.25) is 0 Å². The minimum absolute atomic E-state index is 0.0392. The number of nitrogens with two attached hydrogens (primary N) is 1. The van der Waals surface area contributed by atoms with Gasteiger partial charge in [-0.05, 0) is 63.1 Å². The standard InChI is InChI=1S/C34H44N6O7S/c1-21-28(39-17-16-37(4)22(18-39)20-46-5)11-10-24-23-12-15-40(19-27(23)34(43)47-30(21)24)33(42)26-9-8-25(32(35)41)29(38-13-6-7-14-38)31(26)48(44,45)36(2)3/h8-11,22H,6-7,12-20H2,1-5H3,(H2,35,41). The SMILES string of the molecule is COCC1CN(c2ccc3c4c(c(=O)oc3c2C)CN(C(=O)c2ccc(C(N)=O)c(N3CCCC3)c2S(=O)(=O)N(C)C)CC4)CCN1C. The molecule has 13 nitrogen and oxygen atoms in total. The minimum atomic E-state index is -4.20. The van der Waals surface area contributed by atoms with Crippen LogP contribution >= 0.6 is 0 Å². The molecule has 2 fully saturated rings. The summed E-state index contributed by atoms with van der Waals surface area (Å²) in [7, 11) is 2.37. The summed E-state index contributed by atoms with van der Waals surface area (Å²) >= 11 is 0. The van der Waals surface area contributed by atoms with E-state index in [4.69, 9.17) is 14.9 Å². The first-order chi connectivity index (χ1) is 22.8. The number of hydrogen-bond acceptors (Lipinski definition) is 10. The number of ether oxygens (including phenoxy) is 1. The second kappa shape index (κ2) is 13.1. The smallest absolute Gasteiger partial charge is 0.341 e. The maximum Gasteiger partial charge on any atom is 0.341 e. The Balaban J connectivity index is 1.37. The maximum atomic E-state index is 14.3. The van der Waals surface area contributed by atoms with Gasteiger partial charge in [0.1, 0.15) is 10.5 Å². The van der Waals surface area contributed by atoms with Crippen LogP contribution in [0.1, 0.15) is 50.2 Å². The molecule has 1 aromatic heterocycles. The van der Waals surface area contributed by atoms with E-state index in [0.29, 0.717) is 37.3 Å². The lowest BCUT2D eigenvalue weighted by Crippen LogP contribution is -2.53. The number of primary amides is 1. The molecule has 0 saturated carbocycles. The third kappa shape index (κ3) is 5.84. The predicted molar refractivity (Wildman–Crippen MR) is 183 cm³/mol. The molecule has 6 rings (SSSR count). The fourth-order valence-electron chi connectivity index (χ4n) is 7.31. The van der Waals surface area contributed by atoms with E-state index in [1.165, 1.54) is 31.1 Å². The fraction of sp³-hybridized carbons (Fsp3) is 0.500. The number of amides is 2. The zero-order valence-corrected chi connectivity index (χ0v) is 29.1. The number of rotatable bonds is 8. The number of aryl methyl sites for hydroxylation is 1. The molecule has 0 bridgehead atoms. The van der Waals surface area contributed by atoms with Crippen LogP contribution in [0, 0.1) is 6.92 Å². The van der Waals surface area contributed by atoms with Crippen molar-refractivity contribution in [1.29, 1.82) is 0 Å². The number of likely N-dealkylation sites (N-methyl/N-ethyl adjacent to an activating group) is 1. The number of benzene rings is 2. The number of methoxy groups -OCH3 is 1. The lowest BCUT2D eigenvalue weighted by molar-refractivity contribution is 0.0728. The van der Waals surface area contributed by atoms with Crippen molar-refractivity contribution in [2.75, 3.05) is 83.9 Å². The highest BCUT2D eigenvalue weighted by Gasteiger charge is 2.37. The normalized spacial score (nSPS) is 19.0. The maximum absolute atomic E-state index is 14.3. The number of carbonyl (C=O) groups is 2. The Labute approximate surface area is 280 Å². The number of piperazine rings is 1. The Hall–Kier alpha value is -3.98. The van der Waals surface area contributed by atoms with Gasteiger partial charge in [0.2, 0.25) is 10.0 Å². The molecule has 0 aliphatic carbocycles. The van der Waals surface area contributed by atoms with Crippen LogP contribution < -0.4 is 21.2 Å². The van der Waals surface area contributed by atoms with Crippen LogP contribution in [0.25, 0.3) is 11.0 Å². The molecule has 48 heavy (non-hydrogen) atoms. The Kier molecular flexibility index (Phi) is 9.28. The van der Waals surface area contributed by atoms with Crippen LogP contribution in [0.15, 0.2) is 38.4 Å². The molecular weight excluding hydrogens is 636 g/mol. The first-order valence-electron chi connectivity index (χ1n) is 16.3. The Morgan fingerprint density at radius 2 is 1.71 bits per heavy atom. The van der Waals surface area contributed by atoms with Gasteiger partial charge in [0.15, 0.2) is 0 Å². The van der Waals surface area contributed by atoms with Gasteiger partial charge in [0.25, 0.3) is 11.8 Å². The molecule has 3 aromatic rings. The quantitative estimate of drug-likeness (QED) is 0.350. The third-order valence-corrected chi connectivity index (χ3v) is 11.9. The second-order valence-electron chi connectivity index (χ2n) is 13.1. The number of sulfonamides is 1. The van der Waals surface area contributed by atoms with E-state index >= 15 is 0 Å². The predicted octanol–water partition coefficient (Wildman–Crippen LogP) is 2.02. The van der Waals surface area contributed by atoms with E-state index in [-0.39, 0.29) is 40.8 Å². The van der Waals surface area contributed by atoms with Crippen LogP contribution in [-0.2, 0) is 27.7 Å². The molecule has 2 saturated heterocycles. The van der Waals surface area contributed by atoms with Crippen LogP contribution in [-0.4, -0.2) is 115 Å². The van der Waals surface area contributed by atoms with Crippen LogP contribution in [0.4, 0.5) is 11.4 Å². The molecule has 1 atom stereocenters. The topological polar surface area (TPSA) is 150 Å². The van der Waals surface area contributed by atoms with Gasteiger partial charge in [-0.3, -0.25) is 14.5 Å². The van der Waals surface area contributed by atoms with Crippen molar-refractivity contribution in [3.8, 4) is 0 Å². The number of carbonyl (C=O) groups excluding carboxylic acids is 2. The van der Waals surface area contributed by atoms with E-state index in [1.54, 1.807) is 7.11 Å². The van der Waals surface area contributed by atoms with E-state index in [1.807, 2.05) is 17.9 Å². The molecule has 0 spiro atoms. The average molecular weight is 681 g/mol. The summed E-state index contributed by atoms with van der Waals surface area (Å²) in [5, 5.41) is 0.832. The van der Waals surface area contributed by atoms with Crippen molar-refractivity contribution in [1.82, 2.24) is 14.1 Å². The van der Waals surface area contributed by atoms with E-state index in [9.17, 15) is 22.8 Å². The van der Waals surface area contributed by atoms with Gasteiger partial charge >= 0.3 is 5.63 Å². The number of anilines is 2. The van der Waals surface area contributed by atoms with E-state index < -0.39 is 27.5 Å². The summed E-state index contributed by atoms with van der Waals surface area (Å²) in [6.45, 7) is 6.37. The molecule has 0 radical (unpaired) electrons. The third-order valence-electron chi connectivity index (χ3n) is 10.0. The van der Waals surface area contributed by atoms with Gasteiger partial charge in [0, 0.05) is 77.1 Å². The summed E-state index contributed by atoms with van der Waals surface area (Å²) in [6.07, 6.45) is 2.02. The first-order valence-corrected chi connectivity index (χ1v) is 17.7. The number of fused-ring (bicyclic) bond motifs is 3. The summed E-state index contributed by atoms with van der Waals surface area (Å²) in [5.41, 5.74) is 8.97. The molecule has 3 aliphatic heterocycles. The Morgan fingerprint density at radius 3 is 2.38 bits per heavy atom. The van der Waals surface area contributed by atoms with Crippen molar-refractivity contribution in [2.24, 2.45) is 5.73 Å². The Bertz CT molecular complexity index is 1940. The van der Waals surface area contributed by atoms with Gasteiger partial charge in [0.05, 0.1) is 41.6 Å². The van der Waals surface area contributed by atoms with Crippen molar-refractivity contribution in [3.05, 3.63) is 62.5 Å². The molecule has 2 N–H and O–H groups in total. The molecule has 2 aromatic carbocycles. The van der Waals surface area contributed by atoms with E-state index in [2.05, 4.69) is 22.9 Å². The molecule has 14 heteroatoms. The van der Waals surface area contributed by atoms with Gasteiger partial charge in [-0.25, -0.2) is 17.5 Å². The van der Waals surface area contributed by atoms with Crippen LogP contribution in [0.5, 0.6) is 0 Å². The van der Waals surface area contributed by atoms with Gasteiger partial charge in [-0.15, -0.1) is 0 Å². The molecular formula is C34H44N6O7S. The van der Waals surface area contributed by atoms with Crippen molar-refractivity contribution in [2.45, 2.75) is 43.7 Å². The lowest BCUT2D eigenvalue weighted by atomic mass is 9.95. The highest BCUT2D eigenvalue weighted by Crippen LogP contribution is 2.38. The van der Waals surface area contributed by atoms with Crippen molar-refractivity contribution < 1.29 is 27.2 Å². The summed E-state index contributed by atoms with van der Waals surface area (Å²) in [5.74, 6) is -1.33. The van der Waals surface area contributed by atoms with Crippen molar-refractivity contribution >= 4 is 44.2 Å². The van der Waals surface area contributed by atoms with E-state index in [0.717, 1.165) is 59.0 Å². The molecule has 258 valence electrons. The monoisotopic (exact) mass is 680 g/mol. The lowest BCUT2D eigenvalue weighted by Gasteiger charge is -2.41. The van der Waals surface area contributed by atoms with Crippen LogP contribution in [0.3, 0.4) is 0 Å². The summed E-state index contributed by atoms with van der Waals surface area (Å²) < 4.78 is 40.1. The fourth-order valence-corrected chi connectivity index (χ4v) is 8.59. The van der Waals surface area contributed by atoms with Gasteiger partial charge < -0.3 is 29.6 Å². The molecule has 1 unspecified atom stereocenters. The van der Waals surface area contributed by atoms with Crippen molar-refractivity contribution in [3.63, 3.8) is 0 Å². The Morgan fingerprint density at radius 1 is 1.00 bits per heavy atom. The first kappa shape index (κ1) is 33.9. The zero-order valence-electron chi connectivity index (χ0n) is 28.2. The highest BCUT2D eigenvalue weighted by atomic mass is 32.2. The zero-order chi connectivity index (χ0) is 34.5. The second-order valence-corrected chi connectivity index (χ2v) is 15.2. The summed E-state index contributed by atoms with van der Waals surface area (Å²) in [4.78, 5) is 48.0. The molecule has 3 aliphatic rings. The van der Waals surface area contributed by atoms with Gasteiger partial charge in [-0.2, -0.15) is 0 Å². The number of nitrogens with zero attached hydrogens (tertiary/aromatic N) is 5. The largest absolute Gasteiger partial charge is 0.422 e. The minimum Gasteiger partial charge on any atom is -0.422 e. The number of hydrogen-bond donors (Lipinski definition) is 1. The molecule has 2 amide bonds. The van der Waals surface area contributed by atoms with Gasteiger partial charge in [-0.1, -0.05) is 0 Å². The average Bonchev–Trinajstić information content (AvgIpc) is 3.60. The highest BCUT2D eigenvalue weighted by molar-refractivity contribution is 7.89. The summed E-state index contributed by atoms with van der Waals surface area (Å²) in [6, 6.07) is 7.09.